The molecule has 1 heterocycles. The van der Waals surface area contributed by atoms with Crippen LogP contribution in [0, 0.1) is 10.1 Å². The van der Waals surface area contributed by atoms with E-state index in [1.54, 1.807) is 0 Å². The molecule has 7 nitrogen and oxygen atoms in total. The van der Waals surface area contributed by atoms with Crippen molar-refractivity contribution < 1.29 is 14.8 Å². The number of hydrogen-bond acceptors (Lipinski definition) is 5. The van der Waals surface area contributed by atoms with E-state index in [1.807, 2.05) is 0 Å². The number of carbonyl (C=O) groups is 1. The van der Waals surface area contributed by atoms with E-state index in [1.165, 1.54) is 0 Å². The number of pyridine rings is 1. The summed E-state index contributed by atoms with van der Waals surface area (Å²) in [7, 11) is 0. The molecule has 1 aromatic heterocycles. The van der Waals surface area contributed by atoms with Crippen molar-refractivity contribution in [3.63, 3.8) is 0 Å². The first kappa shape index (κ1) is 12.3. The zero-order valence-electron chi connectivity index (χ0n) is 9.63. The second kappa shape index (κ2) is 4.99. The number of nitrogens with zero attached hydrogens (tertiary/aromatic N) is 2. The summed E-state index contributed by atoms with van der Waals surface area (Å²) in [5.74, 6) is -1.01. The van der Waals surface area contributed by atoms with Gasteiger partial charge in [0.2, 0.25) is 0 Å². The third-order valence-electron chi connectivity index (χ3n) is 3.01. The van der Waals surface area contributed by atoms with E-state index in [2.05, 4.69) is 10.3 Å². The van der Waals surface area contributed by atoms with Crippen molar-refractivity contribution in [3.05, 3.63) is 27.9 Å². The summed E-state index contributed by atoms with van der Waals surface area (Å²) < 4.78 is 0. The molecule has 0 saturated heterocycles. The van der Waals surface area contributed by atoms with E-state index in [0.29, 0.717) is 0 Å². The number of aromatic nitrogens is 1. The van der Waals surface area contributed by atoms with Gasteiger partial charge in [0.05, 0.1) is 4.92 Å². The molecule has 18 heavy (non-hydrogen) atoms. The van der Waals surface area contributed by atoms with Crippen molar-refractivity contribution in [1.82, 2.24) is 4.98 Å². The maximum Gasteiger partial charge on any atom is 0.339 e. The molecule has 2 rings (SSSR count). The molecule has 1 fully saturated rings. The molecule has 0 amide bonds. The molecule has 0 bridgehead atoms. The van der Waals surface area contributed by atoms with Gasteiger partial charge < -0.3 is 10.4 Å². The maximum absolute atomic E-state index is 11.1. The van der Waals surface area contributed by atoms with Crippen molar-refractivity contribution in [2.45, 2.75) is 31.7 Å². The molecular weight excluding hydrogens is 238 g/mol. The Kier molecular flexibility index (Phi) is 3.40. The van der Waals surface area contributed by atoms with E-state index < -0.39 is 10.9 Å². The summed E-state index contributed by atoms with van der Waals surface area (Å²) >= 11 is 0. The van der Waals surface area contributed by atoms with Gasteiger partial charge in [0.1, 0.15) is 17.6 Å². The summed E-state index contributed by atoms with van der Waals surface area (Å²) in [6, 6.07) is 1.24. The van der Waals surface area contributed by atoms with E-state index in [4.69, 9.17) is 5.11 Å². The Labute approximate surface area is 103 Å². The molecule has 1 aromatic rings. The number of hydrogen-bond donors (Lipinski definition) is 2. The van der Waals surface area contributed by atoms with Crippen LogP contribution in [0.15, 0.2) is 12.3 Å². The fourth-order valence-electron chi connectivity index (χ4n) is 2.10. The van der Waals surface area contributed by atoms with Crippen molar-refractivity contribution in [2.75, 3.05) is 5.32 Å². The van der Waals surface area contributed by atoms with Crippen LogP contribution in [0.5, 0.6) is 0 Å². The number of carboxylic acids is 1. The monoisotopic (exact) mass is 251 g/mol. The molecule has 0 spiro atoms. The van der Waals surface area contributed by atoms with Gasteiger partial charge >= 0.3 is 5.97 Å². The van der Waals surface area contributed by atoms with Crippen LogP contribution >= 0.6 is 0 Å². The molecular formula is C11H13N3O4. The molecule has 0 aromatic carbocycles. The Balaban J connectivity index is 2.28. The van der Waals surface area contributed by atoms with Gasteiger partial charge in [-0.3, -0.25) is 10.1 Å². The molecule has 0 atom stereocenters. The smallest absolute Gasteiger partial charge is 0.339 e. The van der Waals surface area contributed by atoms with Crippen LogP contribution in [-0.4, -0.2) is 27.0 Å². The zero-order valence-corrected chi connectivity index (χ0v) is 9.63. The summed E-state index contributed by atoms with van der Waals surface area (Å²) in [4.78, 5) is 24.8. The molecule has 1 aliphatic rings. The van der Waals surface area contributed by atoms with Gasteiger partial charge in [0.25, 0.3) is 5.69 Å². The number of nitro groups is 1. The number of carboxylic acid groups (broad SMARTS) is 1. The second-order valence-corrected chi connectivity index (χ2v) is 4.28. The van der Waals surface area contributed by atoms with Crippen molar-refractivity contribution in [3.8, 4) is 0 Å². The highest BCUT2D eigenvalue weighted by Crippen LogP contribution is 2.25. The third kappa shape index (κ3) is 2.55. The van der Waals surface area contributed by atoms with Gasteiger partial charge in [-0.15, -0.1) is 0 Å². The zero-order chi connectivity index (χ0) is 13.1. The molecule has 96 valence electrons. The quantitative estimate of drug-likeness (QED) is 0.626. The summed E-state index contributed by atoms with van der Waals surface area (Å²) in [6.07, 6.45) is 5.22. The first-order chi connectivity index (χ1) is 8.58. The van der Waals surface area contributed by atoms with Crippen molar-refractivity contribution in [2.24, 2.45) is 0 Å². The molecule has 0 aliphatic heterocycles. The van der Waals surface area contributed by atoms with Crippen LogP contribution in [0.1, 0.15) is 36.0 Å². The van der Waals surface area contributed by atoms with Crippen LogP contribution in [0.4, 0.5) is 11.5 Å². The van der Waals surface area contributed by atoms with Gasteiger partial charge in [-0.1, -0.05) is 12.8 Å². The summed E-state index contributed by atoms with van der Waals surface area (Å²) in [5.41, 5.74) is -0.472. The standard InChI is InChI=1S/C11H13N3O4/c15-11(16)9-5-8(14(17)18)6-12-10(9)13-7-3-1-2-4-7/h5-7H,1-4H2,(H,12,13)(H,15,16). The number of aromatic carboxylic acids is 1. The SMILES string of the molecule is O=C(O)c1cc([N+](=O)[O-])cnc1NC1CCCC1. The predicted molar refractivity (Wildman–Crippen MR) is 63.7 cm³/mol. The van der Waals surface area contributed by atoms with Gasteiger partial charge in [-0.25, -0.2) is 9.78 Å². The average molecular weight is 251 g/mol. The van der Waals surface area contributed by atoms with Crippen molar-refractivity contribution >= 4 is 17.5 Å². The predicted octanol–water partition coefficient (Wildman–Crippen LogP) is 2.04. The van der Waals surface area contributed by atoms with Gasteiger partial charge in [0, 0.05) is 12.1 Å². The topological polar surface area (TPSA) is 105 Å². The minimum Gasteiger partial charge on any atom is -0.478 e. The normalized spacial score (nSPS) is 15.6. The van der Waals surface area contributed by atoms with Gasteiger partial charge in [-0.05, 0) is 12.8 Å². The molecule has 0 unspecified atom stereocenters. The molecule has 1 aliphatic carbocycles. The highest BCUT2D eigenvalue weighted by molar-refractivity contribution is 5.93. The molecule has 1 saturated carbocycles. The average Bonchev–Trinajstić information content (AvgIpc) is 2.81. The maximum atomic E-state index is 11.1. The van der Waals surface area contributed by atoms with E-state index in [9.17, 15) is 14.9 Å². The van der Waals surface area contributed by atoms with Gasteiger partial charge in [0.15, 0.2) is 0 Å². The fourth-order valence-corrected chi connectivity index (χ4v) is 2.10. The largest absolute Gasteiger partial charge is 0.478 e. The van der Waals surface area contributed by atoms with E-state index >= 15 is 0 Å². The Hall–Kier alpha value is -2.18. The van der Waals surface area contributed by atoms with Crippen molar-refractivity contribution in [1.29, 1.82) is 0 Å². The van der Waals surface area contributed by atoms with Crippen LogP contribution in [-0.2, 0) is 0 Å². The summed E-state index contributed by atoms with van der Waals surface area (Å²) in [5, 5.41) is 22.7. The lowest BCUT2D eigenvalue weighted by atomic mass is 10.2. The Morgan fingerprint density at radius 1 is 1.50 bits per heavy atom. The minimum atomic E-state index is -1.22. The number of nitrogens with one attached hydrogen (secondary N) is 1. The Morgan fingerprint density at radius 3 is 2.72 bits per heavy atom. The second-order valence-electron chi connectivity index (χ2n) is 4.28. The van der Waals surface area contributed by atoms with Crippen LogP contribution in [0.25, 0.3) is 0 Å². The van der Waals surface area contributed by atoms with E-state index in [0.717, 1.165) is 37.9 Å². The first-order valence-corrected chi connectivity index (χ1v) is 5.72. The van der Waals surface area contributed by atoms with Crippen LogP contribution < -0.4 is 5.32 Å². The lowest BCUT2D eigenvalue weighted by Gasteiger charge is -2.14. The Bertz CT molecular complexity index is 483. The molecule has 0 radical (unpaired) electrons. The molecule has 2 N–H and O–H groups in total. The number of rotatable bonds is 4. The van der Waals surface area contributed by atoms with Gasteiger partial charge in [-0.2, -0.15) is 0 Å². The Morgan fingerprint density at radius 2 is 2.17 bits per heavy atom. The highest BCUT2D eigenvalue weighted by atomic mass is 16.6. The first-order valence-electron chi connectivity index (χ1n) is 5.72. The van der Waals surface area contributed by atoms with Crippen LogP contribution in [0.2, 0.25) is 0 Å². The molecule has 7 heteroatoms. The van der Waals surface area contributed by atoms with Crippen LogP contribution in [0.3, 0.4) is 0 Å². The fraction of sp³-hybridized carbons (Fsp3) is 0.455. The lowest BCUT2D eigenvalue weighted by molar-refractivity contribution is -0.385. The van der Waals surface area contributed by atoms with E-state index in [-0.39, 0.29) is 23.1 Å². The number of anilines is 1. The third-order valence-corrected chi connectivity index (χ3v) is 3.01. The summed E-state index contributed by atoms with van der Waals surface area (Å²) in [6.45, 7) is 0. The lowest BCUT2D eigenvalue weighted by Crippen LogP contribution is -2.18. The minimum absolute atomic E-state index is 0.156. The highest BCUT2D eigenvalue weighted by Gasteiger charge is 2.21.